The van der Waals surface area contributed by atoms with Crippen LogP contribution >= 0.6 is 0 Å². The highest BCUT2D eigenvalue weighted by Crippen LogP contribution is 2.40. The van der Waals surface area contributed by atoms with Crippen molar-refractivity contribution in [2.24, 2.45) is 7.05 Å². The molecule has 0 saturated heterocycles. The fourth-order valence-corrected chi connectivity index (χ4v) is 3.93. The minimum atomic E-state index is -2.22. The first-order valence-corrected chi connectivity index (χ1v) is 9.22. The molecule has 0 aliphatic heterocycles. The Hall–Kier alpha value is -3.46. The summed E-state index contributed by atoms with van der Waals surface area (Å²) in [6.07, 6.45) is 3.69. The fraction of sp³-hybridized carbons (Fsp3) is 0.120. The zero-order valence-corrected chi connectivity index (χ0v) is 15.7. The molecule has 0 unspecified atom stereocenters. The molecule has 0 aliphatic carbocycles. The normalized spacial score (nSPS) is 13.4. The van der Waals surface area contributed by atoms with Crippen LogP contribution in [0.2, 0.25) is 0 Å². The number of hydrogen-bond acceptors (Lipinski definition) is 2. The SMILES string of the molecule is [2H]C([2H])([2H])c1ccccc1-c1ccc[n+](C)c1-c1c(C)ccc2c1oc1ncccc12. The van der Waals surface area contributed by atoms with Gasteiger partial charge in [-0.05, 0) is 48.7 Å². The van der Waals surface area contributed by atoms with Crippen LogP contribution in [0.5, 0.6) is 0 Å². The third-order valence-corrected chi connectivity index (χ3v) is 5.26. The van der Waals surface area contributed by atoms with E-state index in [4.69, 9.17) is 8.53 Å². The average Bonchev–Trinajstić information content (AvgIpc) is 3.12. The molecule has 2 aromatic carbocycles. The zero-order chi connectivity index (χ0) is 21.8. The average molecular weight is 368 g/mol. The van der Waals surface area contributed by atoms with Gasteiger partial charge < -0.3 is 4.42 Å². The Morgan fingerprint density at radius 1 is 0.893 bits per heavy atom. The molecule has 0 atom stereocenters. The van der Waals surface area contributed by atoms with Crippen LogP contribution in [0.4, 0.5) is 0 Å². The van der Waals surface area contributed by atoms with E-state index in [0.29, 0.717) is 16.8 Å². The van der Waals surface area contributed by atoms with Crippen LogP contribution in [-0.2, 0) is 7.05 Å². The second-order valence-electron chi connectivity index (χ2n) is 7.02. The van der Waals surface area contributed by atoms with Gasteiger partial charge in [0.15, 0.2) is 11.8 Å². The lowest BCUT2D eigenvalue weighted by Crippen LogP contribution is -2.31. The smallest absolute Gasteiger partial charge is 0.227 e. The fourth-order valence-electron chi connectivity index (χ4n) is 3.93. The van der Waals surface area contributed by atoms with Crippen LogP contribution in [0.3, 0.4) is 0 Å². The first-order valence-electron chi connectivity index (χ1n) is 10.7. The number of aryl methyl sites for hydroxylation is 3. The molecule has 0 fully saturated rings. The third-order valence-electron chi connectivity index (χ3n) is 5.26. The second-order valence-corrected chi connectivity index (χ2v) is 7.02. The number of hydrogen-bond donors (Lipinski definition) is 0. The molecule has 3 heterocycles. The van der Waals surface area contributed by atoms with E-state index in [9.17, 15) is 0 Å². The van der Waals surface area contributed by atoms with Crippen LogP contribution in [0.25, 0.3) is 44.5 Å². The summed E-state index contributed by atoms with van der Waals surface area (Å²) in [6, 6.07) is 19.1. The van der Waals surface area contributed by atoms with Gasteiger partial charge in [0.2, 0.25) is 11.4 Å². The maximum absolute atomic E-state index is 8.04. The van der Waals surface area contributed by atoms with Crippen molar-refractivity contribution in [1.29, 1.82) is 0 Å². The molecule has 0 amide bonds. The topological polar surface area (TPSA) is 29.9 Å². The number of nitrogens with zero attached hydrogens (tertiary/aromatic N) is 2. The number of rotatable bonds is 2. The van der Waals surface area contributed by atoms with Gasteiger partial charge in [-0.2, -0.15) is 0 Å². The van der Waals surface area contributed by atoms with Gasteiger partial charge in [0, 0.05) is 27.1 Å². The van der Waals surface area contributed by atoms with Crippen LogP contribution in [0.1, 0.15) is 15.2 Å². The summed E-state index contributed by atoms with van der Waals surface area (Å²) in [6.45, 7) is -0.172. The van der Waals surface area contributed by atoms with Crippen molar-refractivity contribution in [3.63, 3.8) is 0 Å². The molecule has 0 aliphatic rings. The highest BCUT2D eigenvalue weighted by Gasteiger charge is 2.25. The largest absolute Gasteiger partial charge is 0.437 e. The first-order chi connectivity index (χ1) is 14.9. The van der Waals surface area contributed by atoms with Gasteiger partial charge in [-0.15, -0.1) is 0 Å². The second kappa shape index (κ2) is 6.31. The predicted octanol–water partition coefficient (Wildman–Crippen LogP) is 5.76. The van der Waals surface area contributed by atoms with E-state index < -0.39 is 6.85 Å². The molecule has 136 valence electrons. The van der Waals surface area contributed by atoms with Crippen LogP contribution < -0.4 is 4.57 Å². The van der Waals surface area contributed by atoms with Gasteiger partial charge >= 0.3 is 0 Å². The monoisotopic (exact) mass is 368 g/mol. The van der Waals surface area contributed by atoms with E-state index in [1.165, 1.54) is 0 Å². The van der Waals surface area contributed by atoms with Crippen molar-refractivity contribution in [2.75, 3.05) is 0 Å². The van der Waals surface area contributed by atoms with Gasteiger partial charge in [0.1, 0.15) is 7.05 Å². The van der Waals surface area contributed by atoms with E-state index in [1.54, 1.807) is 18.3 Å². The molecule has 0 bridgehead atoms. The van der Waals surface area contributed by atoms with Crippen molar-refractivity contribution in [3.05, 3.63) is 84.2 Å². The Balaban J connectivity index is 1.90. The van der Waals surface area contributed by atoms with Gasteiger partial charge in [-0.25, -0.2) is 9.55 Å². The van der Waals surface area contributed by atoms with Crippen LogP contribution in [-0.4, -0.2) is 4.98 Å². The molecule has 5 aromatic rings. The predicted molar refractivity (Wildman–Crippen MR) is 113 cm³/mol. The summed E-state index contributed by atoms with van der Waals surface area (Å²) >= 11 is 0. The highest BCUT2D eigenvalue weighted by molar-refractivity contribution is 6.09. The van der Waals surface area contributed by atoms with Crippen LogP contribution in [0.15, 0.2) is 77.5 Å². The number of aromatic nitrogens is 2. The molecule has 3 heteroatoms. The highest BCUT2D eigenvalue weighted by atomic mass is 16.3. The van der Waals surface area contributed by atoms with E-state index in [-0.39, 0.29) is 0 Å². The van der Waals surface area contributed by atoms with E-state index in [0.717, 1.165) is 38.7 Å². The Bertz CT molecular complexity index is 1450. The van der Waals surface area contributed by atoms with Crippen molar-refractivity contribution in [2.45, 2.75) is 13.8 Å². The Morgan fingerprint density at radius 2 is 1.75 bits per heavy atom. The Kier molecular flexibility index (Phi) is 3.08. The number of pyridine rings is 2. The number of furan rings is 1. The molecule has 28 heavy (non-hydrogen) atoms. The lowest BCUT2D eigenvalue weighted by molar-refractivity contribution is -0.659. The molecule has 0 spiro atoms. The van der Waals surface area contributed by atoms with E-state index >= 15 is 0 Å². The molecule has 0 N–H and O–H groups in total. The quantitative estimate of drug-likeness (QED) is 0.371. The van der Waals surface area contributed by atoms with Crippen molar-refractivity contribution in [1.82, 2.24) is 4.98 Å². The molecule has 5 rings (SSSR count). The molecule has 0 radical (unpaired) electrons. The Morgan fingerprint density at radius 3 is 2.64 bits per heavy atom. The summed E-state index contributed by atoms with van der Waals surface area (Å²) in [5.74, 6) is 0. The summed E-state index contributed by atoms with van der Waals surface area (Å²) in [5.41, 5.74) is 6.10. The molecular formula is C25H21N2O+. The van der Waals surface area contributed by atoms with E-state index in [1.807, 2.05) is 61.1 Å². The van der Waals surface area contributed by atoms with E-state index in [2.05, 4.69) is 17.1 Å². The summed E-state index contributed by atoms with van der Waals surface area (Å²) in [7, 11) is 1.97. The van der Waals surface area contributed by atoms with Crippen molar-refractivity contribution >= 4 is 22.1 Å². The van der Waals surface area contributed by atoms with Crippen molar-refractivity contribution < 1.29 is 13.1 Å². The van der Waals surface area contributed by atoms with Gasteiger partial charge in [-0.3, -0.25) is 0 Å². The zero-order valence-electron chi connectivity index (χ0n) is 18.7. The van der Waals surface area contributed by atoms with Crippen molar-refractivity contribution in [3.8, 4) is 22.4 Å². The van der Waals surface area contributed by atoms with Gasteiger partial charge in [-0.1, -0.05) is 36.4 Å². The maximum atomic E-state index is 8.04. The van der Waals surface area contributed by atoms with Gasteiger partial charge in [0.05, 0.1) is 11.1 Å². The molecule has 0 saturated carbocycles. The Labute approximate surface area is 168 Å². The third kappa shape index (κ3) is 2.43. The summed E-state index contributed by atoms with van der Waals surface area (Å²) in [5, 5.41) is 1.95. The summed E-state index contributed by atoms with van der Waals surface area (Å²) < 4.78 is 32.4. The lowest BCUT2D eigenvalue weighted by atomic mass is 9.92. The number of benzene rings is 2. The van der Waals surface area contributed by atoms with Crippen LogP contribution in [0, 0.1) is 13.8 Å². The maximum Gasteiger partial charge on any atom is 0.227 e. The minimum Gasteiger partial charge on any atom is -0.437 e. The summed E-state index contributed by atoms with van der Waals surface area (Å²) in [4.78, 5) is 4.38. The molecular weight excluding hydrogens is 344 g/mol. The number of fused-ring (bicyclic) bond motifs is 3. The minimum absolute atomic E-state index is 0.332. The van der Waals surface area contributed by atoms with Gasteiger partial charge in [0.25, 0.3) is 0 Å². The molecule has 3 aromatic heterocycles. The first kappa shape index (κ1) is 13.7. The standard InChI is InChI=1S/C25H21N2O/c1-16-8-4-5-9-18(16)19-11-7-15-27(3)23(19)22-17(2)12-13-20-21-10-6-14-26-25(21)28-24(20)22/h4-15H,1-3H3/q+1/i1D3. The lowest BCUT2D eigenvalue weighted by Gasteiger charge is -2.12. The molecule has 3 nitrogen and oxygen atoms in total.